The maximum atomic E-state index is 4.28. The Balaban J connectivity index is 2.03. The molecule has 1 aromatic heterocycles. The second-order valence-electron chi connectivity index (χ2n) is 4.78. The molecular weight excluding hydrogens is 172 g/mol. The van der Waals surface area contributed by atoms with Crippen LogP contribution in [0.2, 0.25) is 0 Å². The minimum atomic E-state index is 0.482. The first-order valence-electron chi connectivity index (χ1n) is 5.33. The first-order valence-corrected chi connectivity index (χ1v) is 5.33. The van der Waals surface area contributed by atoms with Crippen LogP contribution in [0.3, 0.4) is 0 Å². The summed E-state index contributed by atoms with van der Waals surface area (Å²) in [5.74, 6) is 0. The van der Waals surface area contributed by atoms with Gasteiger partial charge in [-0.15, -0.1) is 0 Å². The van der Waals surface area contributed by atoms with Crippen molar-refractivity contribution in [1.82, 2.24) is 4.98 Å². The molecule has 1 unspecified atom stereocenters. The van der Waals surface area contributed by atoms with Crippen LogP contribution in [-0.2, 0) is 6.42 Å². The number of pyridine rings is 1. The zero-order chi connectivity index (χ0) is 10.2. The number of aromatic nitrogens is 1. The van der Waals surface area contributed by atoms with Crippen molar-refractivity contribution in [2.24, 2.45) is 5.41 Å². The van der Waals surface area contributed by atoms with Gasteiger partial charge in [0.2, 0.25) is 0 Å². The molecule has 0 amide bonds. The Hall–Kier alpha value is -1.05. The highest BCUT2D eigenvalue weighted by molar-refractivity contribution is 5.46. The van der Waals surface area contributed by atoms with Gasteiger partial charge in [-0.1, -0.05) is 20.8 Å². The van der Waals surface area contributed by atoms with Crippen molar-refractivity contribution in [2.75, 3.05) is 5.32 Å². The van der Waals surface area contributed by atoms with Crippen LogP contribution in [0.4, 0.5) is 5.69 Å². The van der Waals surface area contributed by atoms with Crippen molar-refractivity contribution in [2.45, 2.75) is 39.7 Å². The van der Waals surface area contributed by atoms with Gasteiger partial charge in [-0.3, -0.25) is 4.98 Å². The molecule has 76 valence electrons. The van der Waals surface area contributed by atoms with Crippen molar-refractivity contribution >= 4 is 5.69 Å². The van der Waals surface area contributed by atoms with Crippen molar-refractivity contribution in [3.63, 3.8) is 0 Å². The zero-order valence-corrected chi connectivity index (χ0v) is 9.17. The molecule has 2 heteroatoms. The number of nitrogens with zero attached hydrogens (tertiary/aromatic N) is 1. The third-order valence-corrected chi connectivity index (χ3v) is 3.03. The third kappa shape index (κ3) is 1.89. The van der Waals surface area contributed by atoms with Gasteiger partial charge < -0.3 is 5.32 Å². The molecular formula is C12H18N2. The van der Waals surface area contributed by atoms with Crippen LogP contribution in [0, 0.1) is 5.41 Å². The van der Waals surface area contributed by atoms with E-state index in [9.17, 15) is 0 Å². The minimum absolute atomic E-state index is 0.482. The Morgan fingerprint density at radius 1 is 1.57 bits per heavy atom. The van der Waals surface area contributed by atoms with Gasteiger partial charge in [0.05, 0.1) is 0 Å². The van der Waals surface area contributed by atoms with Crippen LogP contribution < -0.4 is 5.32 Å². The van der Waals surface area contributed by atoms with Crippen molar-refractivity contribution in [3.8, 4) is 0 Å². The van der Waals surface area contributed by atoms with Gasteiger partial charge in [-0.25, -0.2) is 0 Å². The first-order chi connectivity index (χ1) is 6.62. The number of rotatable bonds is 3. The predicted octanol–water partition coefficient (Wildman–Crippen LogP) is 2.85. The highest BCUT2D eigenvalue weighted by Crippen LogP contribution is 2.46. The van der Waals surface area contributed by atoms with Crippen molar-refractivity contribution < 1.29 is 0 Å². The van der Waals surface area contributed by atoms with Gasteiger partial charge in [0.25, 0.3) is 0 Å². The molecule has 14 heavy (non-hydrogen) atoms. The largest absolute Gasteiger partial charge is 0.382 e. The van der Waals surface area contributed by atoms with Crippen LogP contribution in [-0.4, -0.2) is 11.0 Å². The lowest BCUT2D eigenvalue weighted by molar-refractivity contribution is 0.630. The fourth-order valence-electron chi connectivity index (χ4n) is 1.68. The molecule has 1 saturated carbocycles. The van der Waals surface area contributed by atoms with Crippen LogP contribution in [0.5, 0.6) is 0 Å². The van der Waals surface area contributed by atoms with Crippen LogP contribution in [0.1, 0.15) is 32.9 Å². The summed E-state index contributed by atoms with van der Waals surface area (Å²) in [5.41, 5.74) is 2.86. The van der Waals surface area contributed by atoms with E-state index in [-0.39, 0.29) is 0 Å². The molecule has 2 nitrogen and oxygen atoms in total. The van der Waals surface area contributed by atoms with Gasteiger partial charge in [0.15, 0.2) is 0 Å². The number of hydrogen-bond donors (Lipinski definition) is 1. The summed E-state index contributed by atoms with van der Waals surface area (Å²) in [6.45, 7) is 6.73. The molecule has 2 rings (SSSR count). The summed E-state index contributed by atoms with van der Waals surface area (Å²) >= 11 is 0. The molecule has 0 bridgehead atoms. The van der Waals surface area contributed by atoms with Crippen molar-refractivity contribution in [3.05, 3.63) is 24.0 Å². The van der Waals surface area contributed by atoms with Gasteiger partial charge >= 0.3 is 0 Å². The van der Waals surface area contributed by atoms with Gasteiger partial charge in [0.1, 0.15) is 0 Å². The van der Waals surface area contributed by atoms with Gasteiger partial charge in [-0.05, 0) is 30.4 Å². The number of anilines is 1. The van der Waals surface area contributed by atoms with E-state index in [1.54, 1.807) is 0 Å². The Morgan fingerprint density at radius 3 is 2.86 bits per heavy atom. The average molecular weight is 190 g/mol. The summed E-state index contributed by atoms with van der Waals surface area (Å²) in [4.78, 5) is 4.28. The molecule has 1 aliphatic carbocycles. The minimum Gasteiger partial charge on any atom is -0.382 e. The van der Waals surface area contributed by atoms with Crippen LogP contribution in [0.15, 0.2) is 18.3 Å². The van der Waals surface area contributed by atoms with E-state index in [0.29, 0.717) is 11.5 Å². The summed E-state index contributed by atoms with van der Waals surface area (Å²) in [6, 6.07) is 4.84. The molecule has 1 aliphatic rings. The molecule has 0 spiro atoms. The second kappa shape index (κ2) is 3.26. The van der Waals surface area contributed by atoms with E-state index in [2.05, 4.69) is 37.1 Å². The van der Waals surface area contributed by atoms with Crippen LogP contribution >= 0.6 is 0 Å². The number of hydrogen-bond acceptors (Lipinski definition) is 2. The Labute approximate surface area is 85.7 Å². The fourth-order valence-corrected chi connectivity index (χ4v) is 1.68. The average Bonchev–Trinajstić information content (AvgIpc) is 2.74. The van der Waals surface area contributed by atoms with E-state index in [0.717, 1.165) is 12.1 Å². The third-order valence-electron chi connectivity index (χ3n) is 3.03. The smallest absolute Gasteiger partial charge is 0.0421 e. The molecule has 0 saturated heterocycles. The Kier molecular flexibility index (Phi) is 2.22. The molecule has 0 aliphatic heterocycles. The summed E-state index contributed by atoms with van der Waals surface area (Å²) in [6.07, 6.45) is 4.16. The maximum Gasteiger partial charge on any atom is 0.0421 e. The number of aryl methyl sites for hydroxylation is 1. The molecule has 1 aromatic rings. The molecule has 0 radical (unpaired) electrons. The van der Waals surface area contributed by atoms with Crippen LogP contribution in [0.25, 0.3) is 0 Å². The zero-order valence-electron chi connectivity index (χ0n) is 9.17. The second-order valence-corrected chi connectivity index (χ2v) is 4.78. The van der Waals surface area contributed by atoms with E-state index < -0.39 is 0 Å². The predicted molar refractivity (Wildman–Crippen MR) is 59.4 cm³/mol. The molecule has 0 aromatic carbocycles. The summed E-state index contributed by atoms with van der Waals surface area (Å²) in [5, 5.41) is 3.54. The Bertz CT molecular complexity index is 331. The lowest BCUT2D eigenvalue weighted by Crippen LogP contribution is -2.08. The topological polar surface area (TPSA) is 24.9 Å². The quantitative estimate of drug-likeness (QED) is 0.792. The standard InChI is InChI=1S/C12H18N2/c1-4-9-7-10(5-6-13-9)14-11-8-12(11,2)3/h5-7,11H,4,8H2,1-3H3,(H,13,14). The molecule has 1 fully saturated rings. The molecule has 1 heterocycles. The Morgan fingerprint density at radius 2 is 2.29 bits per heavy atom. The maximum absolute atomic E-state index is 4.28. The van der Waals surface area contributed by atoms with E-state index in [1.807, 2.05) is 12.3 Å². The fraction of sp³-hybridized carbons (Fsp3) is 0.583. The van der Waals surface area contributed by atoms with E-state index in [4.69, 9.17) is 0 Å². The highest BCUT2D eigenvalue weighted by Gasteiger charge is 2.45. The van der Waals surface area contributed by atoms with E-state index in [1.165, 1.54) is 12.1 Å². The summed E-state index contributed by atoms with van der Waals surface area (Å²) < 4.78 is 0. The lowest BCUT2D eigenvalue weighted by atomic mass is 10.2. The highest BCUT2D eigenvalue weighted by atomic mass is 15.0. The SMILES string of the molecule is CCc1cc(NC2CC2(C)C)ccn1. The van der Waals surface area contributed by atoms with E-state index >= 15 is 0 Å². The number of nitrogens with one attached hydrogen (secondary N) is 1. The summed E-state index contributed by atoms with van der Waals surface area (Å²) in [7, 11) is 0. The van der Waals surface area contributed by atoms with Crippen molar-refractivity contribution in [1.29, 1.82) is 0 Å². The monoisotopic (exact) mass is 190 g/mol. The first kappa shape index (κ1) is 9.50. The normalized spacial score (nSPS) is 23.2. The van der Waals surface area contributed by atoms with Gasteiger partial charge in [0, 0.05) is 23.6 Å². The van der Waals surface area contributed by atoms with Gasteiger partial charge in [-0.2, -0.15) is 0 Å². The lowest BCUT2D eigenvalue weighted by Gasteiger charge is -2.08. The molecule has 1 N–H and O–H groups in total. The molecule has 1 atom stereocenters.